The van der Waals surface area contributed by atoms with Crippen molar-refractivity contribution in [1.82, 2.24) is 5.32 Å². The molecule has 0 spiro atoms. The Hall–Kier alpha value is -3.56. The first-order valence-electron chi connectivity index (χ1n) is 13.1. The van der Waals surface area contributed by atoms with Crippen LogP contribution in [0.3, 0.4) is 0 Å². The van der Waals surface area contributed by atoms with Crippen LogP contribution in [0.1, 0.15) is 54.5 Å². The van der Waals surface area contributed by atoms with Crippen LogP contribution in [0.5, 0.6) is 0 Å². The zero-order valence-corrected chi connectivity index (χ0v) is 24.9. The van der Waals surface area contributed by atoms with Gasteiger partial charge < -0.3 is 29.6 Å². The molecular formula is C28H32ClF2N3O8S. The fraction of sp³-hybridized carbons (Fsp3) is 0.357. The average Bonchev–Trinajstić information content (AvgIpc) is 3.45. The lowest BCUT2D eigenvalue weighted by atomic mass is 10.0. The van der Waals surface area contributed by atoms with E-state index in [9.17, 15) is 31.9 Å². The Labute approximate surface area is 252 Å². The fourth-order valence-corrected chi connectivity index (χ4v) is 5.15. The highest BCUT2D eigenvalue weighted by Gasteiger charge is 2.23. The summed E-state index contributed by atoms with van der Waals surface area (Å²) in [6.07, 6.45) is 0.278. The van der Waals surface area contributed by atoms with E-state index in [1.165, 1.54) is 12.3 Å². The normalized spacial score (nSPS) is 13.7. The summed E-state index contributed by atoms with van der Waals surface area (Å²) >= 11 is 6.08. The molecule has 15 heteroatoms. The quantitative estimate of drug-likeness (QED) is 0.140. The monoisotopic (exact) mass is 643 g/mol. The number of sulfonamides is 1. The number of aliphatic hydroxyl groups excluding tert-OH is 1. The van der Waals surface area contributed by atoms with Gasteiger partial charge in [0.05, 0.1) is 41.8 Å². The molecule has 1 heterocycles. The van der Waals surface area contributed by atoms with Crippen LogP contribution < -0.4 is 15.8 Å². The number of halogens is 3. The summed E-state index contributed by atoms with van der Waals surface area (Å²) < 4.78 is 66.5. The number of furan rings is 1. The number of carbonyl (C=O) groups is 2. The molecule has 3 aromatic rings. The second-order valence-corrected chi connectivity index (χ2v) is 11.7. The van der Waals surface area contributed by atoms with Gasteiger partial charge in [-0.2, -0.15) is 0 Å². The summed E-state index contributed by atoms with van der Waals surface area (Å²) in [6, 6.07) is 7.37. The van der Waals surface area contributed by atoms with Crippen molar-refractivity contribution in [2.45, 2.75) is 56.3 Å². The summed E-state index contributed by atoms with van der Waals surface area (Å²) in [6.45, 7) is 3.24. The van der Waals surface area contributed by atoms with Crippen LogP contribution in [-0.2, 0) is 30.8 Å². The van der Waals surface area contributed by atoms with Gasteiger partial charge in [0.1, 0.15) is 28.9 Å². The van der Waals surface area contributed by atoms with Gasteiger partial charge in [-0.25, -0.2) is 27.1 Å². The molecule has 0 saturated carbocycles. The molecule has 0 bridgehead atoms. The number of benzene rings is 2. The fourth-order valence-electron chi connectivity index (χ4n) is 4.05. The van der Waals surface area contributed by atoms with E-state index in [4.69, 9.17) is 30.6 Å². The molecule has 3 rings (SSSR count). The van der Waals surface area contributed by atoms with Crippen molar-refractivity contribution >= 4 is 39.3 Å². The van der Waals surface area contributed by atoms with E-state index in [2.05, 4.69) is 10.6 Å². The first-order valence-corrected chi connectivity index (χ1v) is 15.0. The molecule has 2 aromatic carbocycles. The number of ether oxygens (including phenoxy) is 2. The van der Waals surface area contributed by atoms with Crippen LogP contribution in [0.4, 0.5) is 14.5 Å². The number of rotatable bonds is 15. The molecule has 43 heavy (non-hydrogen) atoms. The SMILES string of the molecule is CC(COC(=O)CCCOC(=O)c1cc(S(N)(=O)=O)c(Cl)cc1NCc1ccco1)N[C@@H](C)[C@H](O)c1cc(F)cc(F)c1. The predicted octanol–water partition coefficient (Wildman–Crippen LogP) is 4.05. The summed E-state index contributed by atoms with van der Waals surface area (Å²) in [5, 5.41) is 21.4. The maximum absolute atomic E-state index is 13.5. The maximum atomic E-state index is 13.5. The molecule has 0 aliphatic rings. The third-order valence-corrected chi connectivity index (χ3v) is 7.51. The lowest BCUT2D eigenvalue weighted by Crippen LogP contribution is -2.41. The third kappa shape index (κ3) is 10.3. The molecule has 11 nitrogen and oxygen atoms in total. The lowest BCUT2D eigenvalue weighted by Gasteiger charge is -2.24. The van der Waals surface area contributed by atoms with Gasteiger partial charge >= 0.3 is 11.9 Å². The summed E-state index contributed by atoms with van der Waals surface area (Å²) in [5.41, 5.74) is 0.109. The number of hydrogen-bond acceptors (Lipinski definition) is 10. The molecule has 0 aliphatic heterocycles. The van der Waals surface area contributed by atoms with Crippen LogP contribution >= 0.6 is 11.6 Å². The Balaban J connectivity index is 1.47. The Kier molecular flexibility index (Phi) is 12.0. The number of aliphatic hydroxyl groups is 1. The largest absolute Gasteiger partial charge is 0.467 e. The van der Waals surface area contributed by atoms with Gasteiger partial charge in [-0.1, -0.05) is 11.6 Å². The van der Waals surface area contributed by atoms with Crippen molar-refractivity contribution in [2.75, 3.05) is 18.5 Å². The minimum Gasteiger partial charge on any atom is -0.467 e. The van der Waals surface area contributed by atoms with Gasteiger partial charge in [0.25, 0.3) is 0 Å². The zero-order chi connectivity index (χ0) is 31.7. The van der Waals surface area contributed by atoms with Crippen LogP contribution in [0.2, 0.25) is 5.02 Å². The maximum Gasteiger partial charge on any atom is 0.340 e. The number of anilines is 1. The number of carbonyl (C=O) groups excluding carboxylic acids is 2. The molecule has 0 fully saturated rings. The molecule has 0 saturated heterocycles. The van der Waals surface area contributed by atoms with E-state index in [1.54, 1.807) is 26.0 Å². The standard InChI is InChI=1S/C28H32ClF2N3O8S/c1-16(34-17(2)27(36)18-9-19(30)11-20(31)10-18)15-42-26(35)6-4-8-41-28(37)22-12-25(43(32,38)39)23(29)13-24(22)33-14-21-5-3-7-40-21/h3,5,7,9-13,16-17,27,33-34,36H,4,6,8,14-15H2,1-2H3,(H2,32,38,39)/t16?,17-,27-/m0/s1. The van der Waals surface area contributed by atoms with Crippen LogP contribution in [0.15, 0.2) is 58.0 Å². The first kappa shape index (κ1) is 33.9. The van der Waals surface area contributed by atoms with Gasteiger partial charge in [-0.05, 0) is 62.2 Å². The average molecular weight is 644 g/mol. The van der Waals surface area contributed by atoms with E-state index < -0.39 is 56.7 Å². The van der Waals surface area contributed by atoms with Crippen molar-refractivity contribution < 1.29 is 45.8 Å². The number of primary sulfonamides is 1. The Morgan fingerprint density at radius 2 is 1.81 bits per heavy atom. The van der Waals surface area contributed by atoms with Crippen LogP contribution in [0, 0.1) is 11.6 Å². The number of nitrogens with two attached hydrogens (primary N) is 1. The van der Waals surface area contributed by atoms with E-state index in [0.717, 1.165) is 18.2 Å². The molecule has 1 aromatic heterocycles. The number of hydrogen-bond donors (Lipinski definition) is 4. The molecule has 3 atom stereocenters. The smallest absolute Gasteiger partial charge is 0.340 e. The Morgan fingerprint density at radius 1 is 1.12 bits per heavy atom. The van der Waals surface area contributed by atoms with Crippen molar-refractivity contribution in [3.05, 3.63) is 82.3 Å². The number of esters is 2. The molecule has 1 unspecified atom stereocenters. The van der Waals surface area contributed by atoms with Gasteiger partial charge in [-0.15, -0.1) is 0 Å². The molecule has 5 N–H and O–H groups in total. The highest BCUT2D eigenvalue weighted by atomic mass is 35.5. The van der Waals surface area contributed by atoms with E-state index in [-0.39, 0.29) is 54.4 Å². The number of nitrogens with one attached hydrogen (secondary N) is 2. The van der Waals surface area contributed by atoms with Crippen molar-refractivity contribution in [3.8, 4) is 0 Å². The highest BCUT2D eigenvalue weighted by molar-refractivity contribution is 7.89. The molecule has 0 radical (unpaired) electrons. The third-order valence-electron chi connectivity index (χ3n) is 6.13. The van der Waals surface area contributed by atoms with Gasteiger partial charge in [0.15, 0.2) is 0 Å². The van der Waals surface area contributed by atoms with Crippen LogP contribution in [-0.4, -0.2) is 50.8 Å². The Bertz CT molecular complexity index is 1500. The summed E-state index contributed by atoms with van der Waals surface area (Å²) in [7, 11) is -4.24. The van der Waals surface area contributed by atoms with E-state index >= 15 is 0 Å². The summed E-state index contributed by atoms with van der Waals surface area (Å²) in [4.78, 5) is 24.6. The van der Waals surface area contributed by atoms with Gasteiger partial charge in [0.2, 0.25) is 10.0 Å². The lowest BCUT2D eigenvalue weighted by molar-refractivity contribution is -0.144. The second-order valence-electron chi connectivity index (χ2n) is 9.73. The predicted molar refractivity (Wildman–Crippen MR) is 153 cm³/mol. The molecule has 234 valence electrons. The van der Waals surface area contributed by atoms with Crippen LogP contribution in [0.25, 0.3) is 0 Å². The molecule has 0 aliphatic carbocycles. The van der Waals surface area contributed by atoms with Crippen molar-refractivity contribution in [1.29, 1.82) is 0 Å². The van der Waals surface area contributed by atoms with Gasteiger partial charge in [-0.3, -0.25) is 4.79 Å². The Morgan fingerprint density at radius 3 is 2.44 bits per heavy atom. The summed E-state index contributed by atoms with van der Waals surface area (Å²) in [5.74, 6) is -2.52. The van der Waals surface area contributed by atoms with Crippen molar-refractivity contribution in [3.63, 3.8) is 0 Å². The van der Waals surface area contributed by atoms with Gasteiger partial charge in [0, 0.05) is 24.6 Å². The topological polar surface area (TPSA) is 170 Å². The van der Waals surface area contributed by atoms with Crippen molar-refractivity contribution in [2.24, 2.45) is 5.14 Å². The first-order chi connectivity index (χ1) is 20.2. The van der Waals surface area contributed by atoms with E-state index in [0.29, 0.717) is 11.8 Å². The van der Waals surface area contributed by atoms with E-state index in [1.807, 2.05) is 0 Å². The molecular weight excluding hydrogens is 612 g/mol. The minimum atomic E-state index is -4.24. The highest BCUT2D eigenvalue weighted by Crippen LogP contribution is 2.29. The zero-order valence-electron chi connectivity index (χ0n) is 23.3. The minimum absolute atomic E-state index is 0.0565. The molecule has 0 amide bonds. The second kappa shape index (κ2) is 15.3.